The van der Waals surface area contributed by atoms with Crippen molar-refractivity contribution < 1.29 is 19.0 Å². The average molecular weight is 465 g/mol. The molecule has 33 heavy (non-hydrogen) atoms. The third kappa shape index (κ3) is 4.42. The Bertz CT molecular complexity index is 1220. The molecule has 4 rings (SSSR count). The largest absolute Gasteiger partial charge is 0.493 e. The van der Waals surface area contributed by atoms with Gasteiger partial charge in [-0.1, -0.05) is 49.7 Å². The van der Waals surface area contributed by atoms with Crippen LogP contribution in [0.1, 0.15) is 43.7 Å². The van der Waals surface area contributed by atoms with E-state index in [4.69, 9.17) is 31.5 Å². The summed E-state index contributed by atoms with van der Waals surface area (Å²) in [7, 11) is 1.54. The molecule has 0 bridgehead atoms. The number of ether oxygens (including phenoxy) is 3. The molecule has 2 aromatic carbocycles. The second-order valence-corrected chi connectivity index (χ2v) is 9.40. The van der Waals surface area contributed by atoms with Gasteiger partial charge in [0.25, 0.3) is 0 Å². The Labute approximate surface area is 198 Å². The minimum atomic E-state index is -0.617. The van der Waals surface area contributed by atoms with Crippen LogP contribution in [-0.2, 0) is 16.1 Å². The van der Waals surface area contributed by atoms with E-state index in [0.717, 1.165) is 5.56 Å². The van der Waals surface area contributed by atoms with Crippen LogP contribution < -0.4 is 15.2 Å². The van der Waals surface area contributed by atoms with Crippen molar-refractivity contribution in [2.75, 3.05) is 7.11 Å². The van der Waals surface area contributed by atoms with E-state index in [9.17, 15) is 10.1 Å². The summed E-state index contributed by atoms with van der Waals surface area (Å²) in [6.07, 6.45) is 0.945. The molecule has 1 atom stereocenters. The number of benzene rings is 2. The molecule has 1 heterocycles. The van der Waals surface area contributed by atoms with Crippen molar-refractivity contribution in [3.05, 3.63) is 81.4 Å². The lowest BCUT2D eigenvalue weighted by Crippen LogP contribution is -2.33. The maximum Gasteiger partial charge on any atom is 0.205 e. The van der Waals surface area contributed by atoms with Crippen LogP contribution in [0.25, 0.3) is 0 Å². The summed E-state index contributed by atoms with van der Waals surface area (Å²) >= 11 is 6.23. The highest BCUT2D eigenvalue weighted by molar-refractivity contribution is 6.31. The molecular formula is C26H25ClN2O4. The molecule has 2 aliphatic rings. The lowest BCUT2D eigenvalue weighted by molar-refractivity contribution is -0.119. The molecule has 2 aromatic rings. The highest BCUT2D eigenvalue weighted by Gasteiger charge is 2.43. The number of halogens is 1. The highest BCUT2D eigenvalue weighted by atomic mass is 35.5. The quantitative estimate of drug-likeness (QED) is 0.638. The Kier molecular flexibility index (Phi) is 6.09. The van der Waals surface area contributed by atoms with Gasteiger partial charge in [-0.05, 0) is 29.2 Å². The molecule has 0 fully saturated rings. The third-order valence-corrected chi connectivity index (χ3v) is 6.31. The molecule has 1 unspecified atom stereocenters. The van der Waals surface area contributed by atoms with Crippen molar-refractivity contribution >= 4 is 17.4 Å². The molecule has 2 N–H and O–H groups in total. The fraction of sp³-hybridized carbons (Fsp3) is 0.308. The molecule has 0 amide bonds. The fourth-order valence-electron chi connectivity index (χ4n) is 4.37. The summed E-state index contributed by atoms with van der Waals surface area (Å²) in [6.45, 7) is 4.30. The van der Waals surface area contributed by atoms with E-state index in [0.29, 0.717) is 46.3 Å². The molecule has 1 aliphatic carbocycles. The SMILES string of the molecule is COc1cc(C2C(C#N)=C(N)OC3=C2C(=O)CC(C)(C)C3)ccc1OCc1ccccc1Cl. The van der Waals surface area contributed by atoms with Crippen LogP contribution in [0.15, 0.2) is 65.3 Å². The minimum absolute atomic E-state index is 0.0322. The van der Waals surface area contributed by atoms with Gasteiger partial charge in [0.1, 0.15) is 24.0 Å². The average Bonchev–Trinajstić information content (AvgIpc) is 2.76. The maximum absolute atomic E-state index is 13.1. The first-order valence-corrected chi connectivity index (χ1v) is 11.0. The molecule has 1 aliphatic heterocycles. The zero-order valence-electron chi connectivity index (χ0n) is 18.8. The minimum Gasteiger partial charge on any atom is -0.493 e. The number of methoxy groups -OCH3 is 1. The molecule has 0 spiro atoms. The van der Waals surface area contributed by atoms with Gasteiger partial charge in [-0.25, -0.2) is 0 Å². The molecule has 0 radical (unpaired) electrons. The van der Waals surface area contributed by atoms with E-state index >= 15 is 0 Å². The summed E-state index contributed by atoms with van der Waals surface area (Å²) in [5.41, 5.74) is 8.14. The highest BCUT2D eigenvalue weighted by Crippen LogP contribution is 2.48. The van der Waals surface area contributed by atoms with Gasteiger partial charge in [-0.2, -0.15) is 5.26 Å². The topological polar surface area (TPSA) is 94.6 Å². The summed E-state index contributed by atoms with van der Waals surface area (Å²) < 4.78 is 17.3. The smallest absolute Gasteiger partial charge is 0.205 e. The van der Waals surface area contributed by atoms with Crippen molar-refractivity contribution in [1.29, 1.82) is 5.26 Å². The van der Waals surface area contributed by atoms with Crippen LogP contribution in [-0.4, -0.2) is 12.9 Å². The molecule has 0 saturated heterocycles. The van der Waals surface area contributed by atoms with Crippen molar-refractivity contribution in [2.24, 2.45) is 11.1 Å². The second-order valence-electron chi connectivity index (χ2n) is 8.99. The summed E-state index contributed by atoms with van der Waals surface area (Å²) in [5, 5.41) is 10.4. The molecule has 0 aromatic heterocycles. The van der Waals surface area contributed by atoms with Gasteiger partial charge in [-0.3, -0.25) is 4.79 Å². The van der Waals surface area contributed by atoms with Gasteiger partial charge in [0.2, 0.25) is 5.88 Å². The molecule has 6 nitrogen and oxygen atoms in total. The van der Waals surface area contributed by atoms with Crippen molar-refractivity contribution in [3.63, 3.8) is 0 Å². The van der Waals surface area contributed by atoms with E-state index in [1.165, 1.54) is 0 Å². The zero-order valence-corrected chi connectivity index (χ0v) is 19.5. The third-order valence-electron chi connectivity index (χ3n) is 5.94. The van der Waals surface area contributed by atoms with Crippen LogP contribution in [0, 0.1) is 16.7 Å². The van der Waals surface area contributed by atoms with Gasteiger partial charge in [-0.15, -0.1) is 0 Å². The zero-order chi connectivity index (χ0) is 23.8. The van der Waals surface area contributed by atoms with Crippen molar-refractivity contribution in [2.45, 2.75) is 39.2 Å². The number of rotatable bonds is 5. The number of hydrogen-bond acceptors (Lipinski definition) is 6. The van der Waals surface area contributed by atoms with E-state index in [1.54, 1.807) is 25.3 Å². The Balaban J connectivity index is 1.71. The number of nitrogens with two attached hydrogens (primary N) is 1. The maximum atomic E-state index is 13.1. The van der Waals surface area contributed by atoms with Gasteiger partial charge < -0.3 is 19.9 Å². The Morgan fingerprint density at radius 3 is 2.67 bits per heavy atom. The lowest BCUT2D eigenvalue weighted by atomic mass is 9.70. The van der Waals surface area contributed by atoms with E-state index in [1.807, 2.05) is 38.1 Å². The van der Waals surface area contributed by atoms with Crippen LogP contribution in [0.5, 0.6) is 11.5 Å². The van der Waals surface area contributed by atoms with Crippen LogP contribution in [0.3, 0.4) is 0 Å². The van der Waals surface area contributed by atoms with Gasteiger partial charge >= 0.3 is 0 Å². The number of hydrogen-bond donors (Lipinski definition) is 1. The first-order valence-electron chi connectivity index (χ1n) is 10.6. The summed E-state index contributed by atoms with van der Waals surface area (Å²) in [5.74, 6) is 0.917. The van der Waals surface area contributed by atoms with Gasteiger partial charge in [0, 0.05) is 29.0 Å². The van der Waals surface area contributed by atoms with Gasteiger partial charge in [0.05, 0.1) is 13.0 Å². The van der Waals surface area contributed by atoms with E-state index < -0.39 is 5.92 Å². The molecule has 0 saturated carbocycles. The number of Topliss-reactive ketones (excluding diaryl/α,β-unsaturated/α-hetero) is 1. The number of nitrogens with zero attached hydrogens (tertiary/aromatic N) is 1. The van der Waals surface area contributed by atoms with Crippen molar-refractivity contribution in [1.82, 2.24) is 0 Å². The van der Waals surface area contributed by atoms with Crippen LogP contribution in [0.4, 0.5) is 0 Å². The Hall–Kier alpha value is -3.43. The van der Waals surface area contributed by atoms with Crippen LogP contribution in [0.2, 0.25) is 5.02 Å². The lowest BCUT2D eigenvalue weighted by Gasteiger charge is -2.37. The first kappa shape index (κ1) is 22.8. The molecule has 7 heteroatoms. The molecule has 170 valence electrons. The second kappa shape index (κ2) is 8.84. The predicted octanol–water partition coefficient (Wildman–Crippen LogP) is 5.38. The Morgan fingerprint density at radius 1 is 1.21 bits per heavy atom. The van der Waals surface area contributed by atoms with Crippen molar-refractivity contribution in [3.8, 4) is 17.6 Å². The van der Waals surface area contributed by atoms with E-state index in [-0.39, 0.29) is 29.3 Å². The standard InChI is InChI=1S/C26H25ClN2O4/c1-26(2)11-19(30)24-22(12-26)33-25(29)17(13-28)23(24)15-8-9-20(21(10-15)31-3)32-14-16-6-4-5-7-18(16)27/h4-10,23H,11-12,14,29H2,1-3H3. The first-order chi connectivity index (χ1) is 15.7. The Morgan fingerprint density at radius 2 is 1.97 bits per heavy atom. The fourth-order valence-corrected chi connectivity index (χ4v) is 4.56. The normalized spacial score (nSPS) is 19.5. The number of nitriles is 1. The summed E-state index contributed by atoms with van der Waals surface area (Å²) in [6, 6.07) is 15.0. The number of carbonyl (C=O) groups is 1. The monoisotopic (exact) mass is 464 g/mol. The van der Waals surface area contributed by atoms with Crippen LogP contribution >= 0.6 is 11.6 Å². The number of allylic oxidation sites excluding steroid dienone is 3. The van der Waals surface area contributed by atoms with Gasteiger partial charge in [0.15, 0.2) is 17.3 Å². The number of ketones is 1. The van der Waals surface area contributed by atoms with E-state index in [2.05, 4.69) is 6.07 Å². The molecular weight excluding hydrogens is 440 g/mol. The summed E-state index contributed by atoms with van der Waals surface area (Å²) in [4.78, 5) is 13.1. The number of carbonyl (C=O) groups excluding carboxylic acids is 1. The predicted molar refractivity (Wildman–Crippen MR) is 124 cm³/mol.